The van der Waals surface area contributed by atoms with Gasteiger partial charge in [0.2, 0.25) is 11.5 Å². The van der Waals surface area contributed by atoms with E-state index in [1.807, 2.05) is 6.07 Å². The molecule has 0 aliphatic rings. The van der Waals surface area contributed by atoms with Gasteiger partial charge in [0.1, 0.15) is 11.6 Å². The summed E-state index contributed by atoms with van der Waals surface area (Å²) < 4.78 is 20.8. The SMILES string of the molecule is COc1cc(/C=C(\C#N)C(=O)c2ccco2)cc(OC)c1OC. The van der Waals surface area contributed by atoms with Crippen molar-refractivity contribution < 1.29 is 23.4 Å². The summed E-state index contributed by atoms with van der Waals surface area (Å²) in [5.41, 5.74) is 0.505. The second-order valence-corrected chi connectivity index (χ2v) is 4.43. The molecular weight excluding hydrogens is 298 g/mol. The Hall–Kier alpha value is -3.20. The van der Waals surface area contributed by atoms with Crippen molar-refractivity contribution in [1.82, 2.24) is 0 Å². The van der Waals surface area contributed by atoms with E-state index in [0.717, 1.165) is 0 Å². The first-order valence-corrected chi connectivity index (χ1v) is 6.64. The van der Waals surface area contributed by atoms with E-state index in [2.05, 4.69) is 0 Å². The van der Waals surface area contributed by atoms with Crippen molar-refractivity contribution in [2.75, 3.05) is 21.3 Å². The van der Waals surface area contributed by atoms with Gasteiger partial charge in [-0.25, -0.2) is 0 Å². The number of rotatable bonds is 6. The van der Waals surface area contributed by atoms with Gasteiger partial charge in [-0.3, -0.25) is 4.79 Å². The number of methoxy groups -OCH3 is 3. The van der Waals surface area contributed by atoms with Gasteiger partial charge in [0, 0.05) is 0 Å². The molecule has 2 rings (SSSR count). The highest BCUT2D eigenvalue weighted by atomic mass is 16.5. The average molecular weight is 313 g/mol. The van der Waals surface area contributed by atoms with Crippen LogP contribution in [0.4, 0.5) is 0 Å². The predicted octanol–water partition coefficient (Wildman–Crippen LogP) is 3.10. The fourth-order valence-electron chi connectivity index (χ4n) is 2.04. The molecule has 1 aromatic carbocycles. The van der Waals surface area contributed by atoms with E-state index in [1.54, 1.807) is 18.2 Å². The maximum atomic E-state index is 12.2. The highest BCUT2D eigenvalue weighted by Crippen LogP contribution is 2.38. The van der Waals surface area contributed by atoms with Crippen LogP contribution in [0.3, 0.4) is 0 Å². The summed E-state index contributed by atoms with van der Waals surface area (Å²) in [6, 6.07) is 8.26. The average Bonchev–Trinajstić information content (AvgIpc) is 3.12. The summed E-state index contributed by atoms with van der Waals surface area (Å²) in [6.07, 6.45) is 2.82. The van der Waals surface area contributed by atoms with Crippen LogP contribution in [0.25, 0.3) is 6.08 Å². The smallest absolute Gasteiger partial charge is 0.238 e. The highest BCUT2D eigenvalue weighted by Gasteiger charge is 2.17. The lowest BCUT2D eigenvalue weighted by atomic mass is 10.1. The van der Waals surface area contributed by atoms with Gasteiger partial charge in [-0.05, 0) is 35.9 Å². The molecule has 6 heteroatoms. The Labute approximate surface area is 133 Å². The van der Waals surface area contributed by atoms with Gasteiger partial charge in [0.05, 0.1) is 27.6 Å². The molecule has 0 spiro atoms. The largest absolute Gasteiger partial charge is 0.493 e. The van der Waals surface area contributed by atoms with Crippen LogP contribution in [-0.2, 0) is 0 Å². The minimum atomic E-state index is -0.494. The predicted molar refractivity (Wildman–Crippen MR) is 82.7 cm³/mol. The van der Waals surface area contributed by atoms with Crippen molar-refractivity contribution in [3.63, 3.8) is 0 Å². The van der Waals surface area contributed by atoms with Crippen LogP contribution in [0.5, 0.6) is 17.2 Å². The van der Waals surface area contributed by atoms with E-state index in [-0.39, 0.29) is 11.3 Å². The number of carbonyl (C=O) groups excluding carboxylic acids is 1. The van der Waals surface area contributed by atoms with Crippen LogP contribution in [0.2, 0.25) is 0 Å². The molecular formula is C17H15NO5. The summed E-state index contributed by atoms with van der Waals surface area (Å²) in [4.78, 5) is 12.2. The second-order valence-electron chi connectivity index (χ2n) is 4.43. The van der Waals surface area contributed by atoms with Crippen LogP contribution in [0.15, 0.2) is 40.5 Å². The number of Topliss-reactive ketones (excluding diaryl/α,β-unsaturated/α-hetero) is 1. The number of furan rings is 1. The quantitative estimate of drug-likeness (QED) is 0.463. The van der Waals surface area contributed by atoms with Gasteiger partial charge in [-0.15, -0.1) is 0 Å². The number of carbonyl (C=O) groups is 1. The molecule has 0 saturated heterocycles. The minimum Gasteiger partial charge on any atom is -0.493 e. The maximum absolute atomic E-state index is 12.2. The van der Waals surface area contributed by atoms with Gasteiger partial charge in [-0.1, -0.05) is 0 Å². The van der Waals surface area contributed by atoms with Gasteiger partial charge < -0.3 is 18.6 Å². The monoisotopic (exact) mass is 313 g/mol. The zero-order valence-electron chi connectivity index (χ0n) is 13.0. The van der Waals surface area contributed by atoms with Crippen LogP contribution >= 0.6 is 0 Å². The topological polar surface area (TPSA) is 81.7 Å². The van der Waals surface area contributed by atoms with E-state index in [0.29, 0.717) is 22.8 Å². The molecule has 0 unspecified atom stereocenters. The normalized spacial score (nSPS) is 10.8. The summed E-state index contributed by atoms with van der Waals surface area (Å²) in [7, 11) is 4.48. The van der Waals surface area contributed by atoms with E-state index in [1.165, 1.54) is 39.7 Å². The number of hydrogen-bond acceptors (Lipinski definition) is 6. The molecule has 2 aromatic rings. The van der Waals surface area contributed by atoms with E-state index in [4.69, 9.17) is 18.6 Å². The molecule has 23 heavy (non-hydrogen) atoms. The lowest BCUT2D eigenvalue weighted by molar-refractivity contribution is 0.101. The molecule has 0 fully saturated rings. The number of benzene rings is 1. The Morgan fingerprint density at radius 1 is 1.17 bits per heavy atom. The lowest BCUT2D eigenvalue weighted by Gasteiger charge is -2.13. The number of ether oxygens (including phenoxy) is 3. The minimum absolute atomic E-state index is 0.0609. The van der Waals surface area contributed by atoms with E-state index >= 15 is 0 Å². The fourth-order valence-corrected chi connectivity index (χ4v) is 2.04. The Morgan fingerprint density at radius 3 is 2.26 bits per heavy atom. The molecule has 1 heterocycles. The third kappa shape index (κ3) is 3.35. The Kier molecular flexibility index (Phi) is 5.05. The van der Waals surface area contributed by atoms with Crippen LogP contribution in [-0.4, -0.2) is 27.1 Å². The molecule has 0 aliphatic heterocycles. The van der Waals surface area contributed by atoms with E-state index < -0.39 is 5.78 Å². The third-order valence-electron chi connectivity index (χ3n) is 3.11. The Bertz CT molecular complexity index is 744. The van der Waals surface area contributed by atoms with Crippen molar-refractivity contribution in [2.45, 2.75) is 0 Å². The zero-order valence-corrected chi connectivity index (χ0v) is 13.0. The molecule has 0 saturated carbocycles. The number of nitrogens with zero attached hydrogens (tertiary/aromatic N) is 1. The summed E-state index contributed by atoms with van der Waals surface area (Å²) in [5.74, 6) is 0.904. The van der Waals surface area contributed by atoms with Gasteiger partial charge >= 0.3 is 0 Å². The number of hydrogen-bond donors (Lipinski definition) is 0. The molecule has 0 bridgehead atoms. The van der Waals surface area contributed by atoms with E-state index in [9.17, 15) is 10.1 Å². The Morgan fingerprint density at radius 2 is 1.83 bits per heavy atom. The highest BCUT2D eigenvalue weighted by molar-refractivity contribution is 6.12. The lowest BCUT2D eigenvalue weighted by Crippen LogP contribution is -2.00. The third-order valence-corrected chi connectivity index (χ3v) is 3.11. The van der Waals surface area contributed by atoms with Gasteiger partial charge in [-0.2, -0.15) is 5.26 Å². The second kappa shape index (κ2) is 7.18. The fraction of sp³-hybridized carbons (Fsp3) is 0.176. The molecule has 0 amide bonds. The number of allylic oxidation sites excluding steroid dienone is 1. The number of nitriles is 1. The molecule has 0 atom stereocenters. The van der Waals surface area contributed by atoms with Crippen LogP contribution in [0.1, 0.15) is 16.1 Å². The first-order valence-electron chi connectivity index (χ1n) is 6.64. The van der Waals surface area contributed by atoms with Crippen LogP contribution in [0, 0.1) is 11.3 Å². The van der Waals surface area contributed by atoms with Crippen molar-refractivity contribution >= 4 is 11.9 Å². The number of ketones is 1. The molecule has 6 nitrogen and oxygen atoms in total. The first-order chi connectivity index (χ1) is 11.1. The summed E-state index contributed by atoms with van der Waals surface area (Å²) in [5, 5.41) is 9.24. The maximum Gasteiger partial charge on any atom is 0.238 e. The molecule has 0 N–H and O–H groups in total. The van der Waals surface area contributed by atoms with Crippen molar-refractivity contribution in [2.24, 2.45) is 0 Å². The zero-order chi connectivity index (χ0) is 16.8. The first kappa shape index (κ1) is 16.2. The van der Waals surface area contributed by atoms with Crippen molar-refractivity contribution in [3.05, 3.63) is 47.4 Å². The Balaban J connectivity index is 2.48. The molecule has 118 valence electrons. The molecule has 0 radical (unpaired) electrons. The van der Waals surface area contributed by atoms with Gasteiger partial charge in [0.25, 0.3) is 0 Å². The standard InChI is InChI=1S/C17H15NO5/c1-20-14-8-11(9-15(21-2)17(14)22-3)7-12(10-18)16(19)13-5-4-6-23-13/h4-9H,1-3H3/b12-7+. The van der Waals surface area contributed by atoms with Crippen molar-refractivity contribution in [3.8, 4) is 23.3 Å². The molecule has 1 aromatic heterocycles. The molecule has 0 aliphatic carbocycles. The van der Waals surface area contributed by atoms with Crippen LogP contribution < -0.4 is 14.2 Å². The van der Waals surface area contributed by atoms with Gasteiger partial charge in [0.15, 0.2) is 17.3 Å². The summed E-state index contributed by atoms with van der Waals surface area (Å²) in [6.45, 7) is 0. The summed E-state index contributed by atoms with van der Waals surface area (Å²) >= 11 is 0. The van der Waals surface area contributed by atoms with Crippen molar-refractivity contribution in [1.29, 1.82) is 5.26 Å².